The maximum atomic E-state index is 11.7. The zero-order valence-corrected chi connectivity index (χ0v) is 17.8. The highest BCUT2D eigenvalue weighted by Gasteiger charge is 2.18. The molecule has 1 rings (SSSR count). The second-order valence-electron chi connectivity index (χ2n) is 6.13. The highest BCUT2D eigenvalue weighted by atomic mass is 32.2. The van der Waals surface area contributed by atoms with Crippen LogP contribution in [0.25, 0.3) is 0 Å². The Morgan fingerprint density at radius 2 is 1.15 bits per heavy atom. The van der Waals surface area contributed by atoms with E-state index in [0.29, 0.717) is 11.1 Å². The summed E-state index contributed by atoms with van der Waals surface area (Å²) in [5.41, 5.74) is 2.28. The first-order valence-electron chi connectivity index (χ1n) is 8.18. The molecule has 0 aromatic heterocycles. The average molecular weight is 395 g/mol. The van der Waals surface area contributed by atoms with E-state index in [-0.39, 0.29) is 10.9 Å². The smallest absolute Gasteiger partial charge is 0.334 e. The monoisotopic (exact) mass is 394 g/mol. The molecule has 0 N–H and O–H groups in total. The van der Waals surface area contributed by atoms with E-state index in [1.807, 2.05) is 27.7 Å². The van der Waals surface area contributed by atoms with Crippen molar-refractivity contribution in [2.45, 2.75) is 62.2 Å². The minimum Gasteiger partial charge on any atom is -0.448 e. The largest absolute Gasteiger partial charge is 0.448 e. The molecule has 0 fully saturated rings. The van der Waals surface area contributed by atoms with E-state index < -0.39 is 11.9 Å². The van der Waals surface area contributed by atoms with Gasteiger partial charge in [0.2, 0.25) is 0 Å². The predicted molar refractivity (Wildman–Crippen MR) is 108 cm³/mol. The molecular weight excluding hydrogens is 368 g/mol. The van der Waals surface area contributed by atoms with Gasteiger partial charge in [-0.2, -0.15) is 0 Å². The van der Waals surface area contributed by atoms with E-state index in [1.165, 1.54) is 23.5 Å². The fourth-order valence-corrected chi connectivity index (χ4v) is 3.97. The molecule has 0 saturated heterocycles. The summed E-state index contributed by atoms with van der Waals surface area (Å²) in [6.45, 7) is 18.1. The molecule has 0 aliphatic heterocycles. The third-order valence-corrected chi connectivity index (χ3v) is 5.56. The van der Waals surface area contributed by atoms with Crippen molar-refractivity contribution in [2.24, 2.45) is 0 Å². The van der Waals surface area contributed by atoms with Gasteiger partial charge >= 0.3 is 11.9 Å². The molecule has 1 aromatic rings. The molecule has 4 nitrogen and oxygen atoms in total. The quantitative estimate of drug-likeness (QED) is 0.254. The van der Waals surface area contributed by atoms with Crippen molar-refractivity contribution in [3.05, 3.63) is 47.6 Å². The molecule has 2 unspecified atom stereocenters. The summed E-state index contributed by atoms with van der Waals surface area (Å²) in [4.78, 5) is 25.4. The van der Waals surface area contributed by atoms with Crippen molar-refractivity contribution in [2.75, 3.05) is 0 Å². The Labute approximate surface area is 164 Å². The number of aryl methyl sites for hydroxylation is 2. The first-order valence-corrected chi connectivity index (χ1v) is 9.94. The van der Waals surface area contributed by atoms with Gasteiger partial charge in [-0.15, -0.1) is 0 Å². The van der Waals surface area contributed by atoms with Crippen LogP contribution < -0.4 is 0 Å². The third kappa shape index (κ3) is 6.92. The van der Waals surface area contributed by atoms with Crippen LogP contribution in [-0.4, -0.2) is 22.8 Å². The summed E-state index contributed by atoms with van der Waals surface area (Å²) in [6.07, 6.45) is 0. The van der Waals surface area contributed by atoms with Crippen molar-refractivity contribution < 1.29 is 19.1 Å². The Morgan fingerprint density at radius 1 is 0.846 bits per heavy atom. The maximum Gasteiger partial charge on any atom is 0.334 e. The molecule has 142 valence electrons. The Morgan fingerprint density at radius 3 is 1.42 bits per heavy atom. The van der Waals surface area contributed by atoms with E-state index >= 15 is 0 Å². The molecule has 0 radical (unpaired) electrons. The third-order valence-electron chi connectivity index (χ3n) is 3.39. The number of hydrogen-bond acceptors (Lipinski definition) is 6. The molecule has 0 spiro atoms. The van der Waals surface area contributed by atoms with Gasteiger partial charge < -0.3 is 9.47 Å². The highest BCUT2D eigenvalue weighted by molar-refractivity contribution is 8.02. The highest BCUT2D eigenvalue weighted by Crippen LogP contribution is 2.38. The van der Waals surface area contributed by atoms with Crippen LogP contribution in [0, 0.1) is 13.8 Å². The number of esters is 2. The van der Waals surface area contributed by atoms with Crippen LogP contribution in [0.3, 0.4) is 0 Å². The fourth-order valence-electron chi connectivity index (χ4n) is 1.86. The van der Waals surface area contributed by atoms with E-state index in [9.17, 15) is 9.59 Å². The molecule has 2 atom stereocenters. The molecule has 0 saturated carbocycles. The maximum absolute atomic E-state index is 11.7. The molecule has 0 aliphatic rings. The Balaban J connectivity index is 2.95. The van der Waals surface area contributed by atoms with Gasteiger partial charge in [0.1, 0.15) is 10.9 Å². The van der Waals surface area contributed by atoms with Crippen LogP contribution in [0.4, 0.5) is 0 Å². The van der Waals surface area contributed by atoms with Gasteiger partial charge in [-0.25, -0.2) is 9.59 Å². The number of thioether (sulfide) groups is 2. The number of hydrogen-bond donors (Lipinski definition) is 0. The lowest BCUT2D eigenvalue weighted by atomic mass is 10.1. The summed E-state index contributed by atoms with van der Waals surface area (Å²) in [6, 6.07) is 4.11. The number of rotatable bonds is 8. The minimum atomic E-state index is -0.410. The zero-order chi connectivity index (χ0) is 20.0. The van der Waals surface area contributed by atoms with Crippen molar-refractivity contribution in [1.29, 1.82) is 0 Å². The van der Waals surface area contributed by atoms with E-state index in [1.54, 1.807) is 13.8 Å². The van der Waals surface area contributed by atoms with Crippen LogP contribution in [0.1, 0.15) is 38.8 Å². The molecule has 1 aromatic carbocycles. The first kappa shape index (κ1) is 22.4. The molecule has 0 bridgehead atoms. The molecule has 6 heteroatoms. The van der Waals surface area contributed by atoms with E-state index in [4.69, 9.17) is 9.47 Å². The summed E-state index contributed by atoms with van der Waals surface area (Å²) in [5.74, 6) is -0.821. The van der Waals surface area contributed by atoms with Gasteiger partial charge in [-0.1, -0.05) is 36.7 Å². The van der Waals surface area contributed by atoms with Crippen LogP contribution in [0.5, 0.6) is 0 Å². The zero-order valence-electron chi connectivity index (χ0n) is 16.2. The van der Waals surface area contributed by atoms with Gasteiger partial charge in [0, 0.05) is 20.9 Å². The van der Waals surface area contributed by atoms with Gasteiger partial charge in [0.15, 0.2) is 0 Å². The number of carbonyl (C=O) groups is 2. The molecule has 0 amide bonds. The van der Waals surface area contributed by atoms with Gasteiger partial charge in [0.25, 0.3) is 0 Å². The second kappa shape index (κ2) is 9.88. The topological polar surface area (TPSA) is 52.6 Å². The first-order chi connectivity index (χ1) is 12.0. The fraction of sp³-hybridized carbons (Fsp3) is 0.400. The summed E-state index contributed by atoms with van der Waals surface area (Å²) >= 11 is 2.89. The Hall–Kier alpha value is -1.66. The van der Waals surface area contributed by atoms with Crippen molar-refractivity contribution in [3.63, 3.8) is 0 Å². The molecule has 26 heavy (non-hydrogen) atoms. The van der Waals surface area contributed by atoms with Gasteiger partial charge in [0.05, 0.1) is 0 Å². The number of benzene rings is 1. The lowest BCUT2D eigenvalue weighted by molar-refractivity contribution is -0.140. The van der Waals surface area contributed by atoms with Crippen molar-refractivity contribution >= 4 is 35.5 Å². The summed E-state index contributed by atoms with van der Waals surface area (Å²) < 4.78 is 10.7. The van der Waals surface area contributed by atoms with Gasteiger partial charge in [-0.3, -0.25) is 0 Å². The second-order valence-corrected chi connectivity index (χ2v) is 8.80. The average Bonchev–Trinajstić information content (AvgIpc) is 2.51. The van der Waals surface area contributed by atoms with Crippen molar-refractivity contribution in [1.82, 2.24) is 0 Å². The number of ether oxygens (including phenoxy) is 2. The van der Waals surface area contributed by atoms with Crippen LogP contribution in [0.2, 0.25) is 0 Å². The Bertz CT molecular complexity index is 664. The number of carbonyl (C=O) groups excluding carboxylic acids is 2. The van der Waals surface area contributed by atoms with E-state index in [2.05, 4.69) is 25.3 Å². The van der Waals surface area contributed by atoms with Gasteiger partial charge in [-0.05, 0) is 64.8 Å². The predicted octanol–water partition coefficient (Wildman–Crippen LogP) is 5.42. The normalized spacial score (nSPS) is 12.8. The van der Waals surface area contributed by atoms with E-state index in [0.717, 1.165) is 20.9 Å². The van der Waals surface area contributed by atoms with Crippen LogP contribution >= 0.6 is 23.5 Å². The standard InChI is InChI=1S/C20H26O4S2/c1-11(2)19(21)23-15(7)25-17-9-13(5)14(6)10-18(17)26-16(8)24-20(22)12(3)4/h9-10,15-16H,1,3H2,2,4-8H3. The molecule has 0 aliphatic carbocycles. The van der Waals surface area contributed by atoms with Crippen LogP contribution in [-0.2, 0) is 19.1 Å². The summed E-state index contributed by atoms with van der Waals surface area (Å²) in [5, 5.41) is 0. The van der Waals surface area contributed by atoms with Crippen molar-refractivity contribution in [3.8, 4) is 0 Å². The summed E-state index contributed by atoms with van der Waals surface area (Å²) in [7, 11) is 0. The minimum absolute atomic E-state index is 0.367. The SMILES string of the molecule is C=C(C)C(=O)OC(C)Sc1cc(C)c(C)cc1SC(C)OC(=O)C(=C)C. The molecule has 0 heterocycles. The molecular formula is C20H26O4S2. The lowest BCUT2D eigenvalue weighted by Gasteiger charge is -2.19. The lowest BCUT2D eigenvalue weighted by Crippen LogP contribution is -2.13. The van der Waals surface area contributed by atoms with Crippen LogP contribution in [0.15, 0.2) is 46.2 Å². The Kier molecular flexibility index (Phi) is 8.50.